The fraction of sp³-hybridized carbons (Fsp3) is 0.227. The zero-order valence-corrected chi connectivity index (χ0v) is 17.7. The molecule has 0 radical (unpaired) electrons. The second kappa shape index (κ2) is 8.27. The van der Waals surface area contributed by atoms with Crippen molar-refractivity contribution in [2.24, 2.45) is 0 Å². The van der Waals surface area contributed by atoms with Crippen LogP contribution in [-0.4, -0.2) is 38.4 Å². The molecule has 1 amide bonds. The number of carbonyl (C=O) groups excluding carboxylic acids is 1. The molecule has 31 heavy (non-hydrogen) atoms. The van der Waals surface area contributed by atoms with E-state index < -0.39 is 0 Å². The molecule has 1 unspecified atom stereocenters. The Kier molecular flexibility index (Phi) is 5.17. The zero-order valence-electron chi connectivity index (χ0n) is 16.9. The highest BCUT2D eigenvalue weighted by Crippen LogP contribution is 2.33. The van der Waals surface area contributed by atoms with Gasteiger partial charge in [-0.2, -0.15) is 0 Å². The van der Waals surface area contributed by atoms with Crippen molar-refractivity contribution in [3.8, 4) is 11.6 Å². The molecule has 5 rings (SSSR count). The molecule has 1 aliphatic rings. The summed E-state index contributed by atoms with van der Waals surface area (Å²) in [5, 5.41) is 3.98. The first-order valence-electron chi connectivity index (χ1n) is 10.00. The van der Waals surface area contributed by atoms with Crippen LogP contribution in [-0.2, 0) is 4.79 Å². The summed E-state index contributed by atoms with van der Waals surface area (Å²) < 4.78 is 5.65. The van der Waals surface area contributed by atoms with Gasteiger partial charge in [0.15, 0.2) is 0 Å². The van der Waals surface area contributed by atoms with E-state index in [0.29, 0.717) is 17.3 Å². The highest BCUT2D eigenvalue weighted by atomic mass is 32.1. The smallest absolute Gasteiger partial charge is 0.247 e. The Bertz CT molecular complexity index is 1210. The molecule has 0 saturated carbocycles. The zero-order chi connectivity index (χ0) is 21.2. The lowest BCUT2D eigenvalue weighted by Gasteiger charge is -2.25. The molecule has 4 aromatic heterocycles. The summed E-state index contributed by atoms with van der Waals surface area (Å²) in [4.78, 5) is 34.4. The molecule has 0 aliphatic carbocycles. The lowest BCUT2D eigenvalue weighted by molar-refractivity contribution is -0.117. The fourth-order valence-corrected chi connectivity index (χ4v) is 4.60. The van der Waals surface area contributed by atoms with E-state index in [1.807, 2.05) is 0 Å². The third kappa shape index (κ3) is 4.04. The van der Waals surface area contributed by atoms with Crippen molar-refractivity contribution in [3.05, 3.63) is 60.1 Å². The Morgan fingerprint density at radius 3 is 2.97 bits per heavy atom. The number of pyridine rings is 2. The number of nitrogens with one attached hydrogen (secondary N) is 1. The van der Waals surface area contributed by atoms with Crippen molar-refractivity contribution in [2.45, 2.75) is 25.8 Å². The first-order valence-corrected chi connectivity index (χ1v) is 10.8. The number of thiophene rings is 1. The van der Waals surface area contributed by atoms with Crippen LogP contribution in [0.1, 0.15) is 17.7 Å². The molecule has 0 aromatic carbocycles. The van der Waals surface area contributed by atoms with Gasteiger partial charge in [-0.05, 0) is 44.0 Å². The monoisotopic (exact) mass is 432 g/mol. The summed E-state index contributed by atoms with van der Waals surface area (Å²) in [6.45, 7) is 2.84. The Hall–Kier alpha value is -3.59. The third-order valence-electron chi connectivity index (χ3n) is 5.12. The Morgan fingerprint density at radius 2 is 2.16 bits per heavy atom. The number of ether oxygens (including phenoxy) is 1. The summed E-state index contributed by atoms with van der Waals surface area (Å²) in [6.07, 6.45) is 8.17. The number of hydrogen-bond acceptors (Lipinski definition) is 8. The summed E-state index contributed by atoms with van der Waals surface area (Å²) in [5.41, 5.74) is 0.620. The van der Waals surface area contributed by atoms with Crippen molar-refractivity contribution < 1.29 is 9.53 Å². The number of aryl methyl sites for hydroxylation is 1. The maximum Gasteiger partial charge on any atom is 0.247 e. The number of aromatic nitrogens is 4. The van der Waals surface area contributed by atoms with Crippen LogP contribution in [0.4, 0.5) is 11.5 Å². The van der Waals surface area contributed by atoms with Gasteiger partial charge in [0.25, 0.3) is 0 Å². The molecule has 0 spiro atoms. The molecule has 1 N–H and O–H groups in total. The van der Waals surface area contributed by atoms with E-state index in [1.165, 1.54) is 4.88 Å². The van der Waals surface area contributed by atoms with Gasteiger partial charge >= 0.3 is 0 Å². The maximum atomic E-state index is 13.1. The van der Waals surface area contributed by atoms with Crippen LogP contribution >= 0.6 is 11.3 Å². The number of hydrogen-bond donors (Lipinski definition) is 1. The van der Waals surface area contributed by atoms with Crippen molar-refractivity contribution in [1.82, 2.24) is 19.9 Å². The molecular formula is C22H20N6O2S. The summed E-state index contributed by atoms with van der Waals surface area (Å²) >= 11 is 1.64. The van der Waals surface area contributed by atoms with E-state index in [4.69, 9.17) is 4.74 Å². The Labute approximate surface area is 183 Å². The maximum absolute atomic E-state index is 13.1. The quantitative estimate of drug-likeness (QED) is 0.505. The minimum absolute atomic E-state index is 0.0704. The molecular weight excluding hydrogens is 412 g/mol. The minimum atomic E-state index is -0.287. The van der Waals surface area contributed by atoms with Gasteiger partial charge in [0, 0.05) is 23.7 Å². The predicted molar refractivity (Wildman–Crippen MR) is 120 cm³/mol. The van der Waals surface area contributed by atoms with E-state index in [9.17, 15) is 4.79 Å². The standard InChI is InChI=1S/C22H20N6O2S/c1-14-10-17-20(25-13-26-22(17)31-14)28-9-3-5-18(28)21(29)27-15-6-7-19(24-11-15)30-16-4-2-8-23-12-16/h2,4,6-8,10-13,18H,3,5,9H2,1H3,(H,27,29). The van der Waals surface area contributed by atoms with E-state index in [2.05, 4.69) is 43.1 Å². The van der Waals surface area contributed by atoms with Gasteiger partial charge in [0.2, 0.25) is 11.8 Å². The van der Waals surface area contributed by atoms with E-state index in [0.717, 1.165) is 35.4 Å². The molecule has 9 heteroatoms. The second-order valence-electron chi connectivity index (χ2n) is 7.29. The summed E-state index contributed by atoms with van der Waals surface area (Å²) in [6, 6.07) is 8.90. The highest BCUT2D eigenvalue weighted by molar-refractivity contribution is 7.18. The molecule has 1 saturated heterocycles. The van der Waals surface area contributed by atoms with Crippen LogP contribution in [0.3, 0.4) is 0 Å². The number of fused-ring (bicyclic) bond motifs is 1. The SMILES string of the molecule is Cc1cc2c(N3CCCC3C(=O)Nc3ccc(Oc4cccnc4)nc3)ncnc2s1. The van der Waals surface area contributed by atoms with E-state index >= 15 is 0 Å². The molecule has 4 aromatic rings. The Morgan fingerprint density at radius 1 is 1.23 bits per heavy atom. The summed E-state index contributed by atoms with van der Waals surface area (Å²) in [7, 11) is 0. The van der Waals surface area contributed by atoms with Crippen LogP contribution in [0.15, 0.2) is 55.2 Å². The van der Waals surface area contributed by atoms with E-state index in [1.54, 1.807) is 60.5 Å². The molecule has 1 fully saturated rings. The van der Waals surface area contributed by atoms with Crippen LogP contribution in [0, 0.1) is 6.92 Å². The average molecular weight is 433 g/mol. The second-order valence-corrected chi connectivity index (χ2v) is 8.52. The van der Waals surface area contributed by atoms with Crippen molar-refractivity contribution in [3.63, 3.8) is 0 Å². The van der Waals surface area contributed by atoms with Gasteiger partial charge in [0.05, 0.1) is 23.5 Å². The first-order chi connectivity index (χ1) is 15.2. The van der Waals surface area contributed by atoms with Crippen molar-refractivity contribution in [2.75, 3.05) is 16.8 Å². The largest absolute Gasteiger partial charge is 0.437 e. The van der Waals surface area contributed by atoms with Crippen LogP contribution in [0.2, 0.25) is 0 Å². The van der Waals surface area contributed by atoms with Crippen molar-refractivity contribution in [1.29, 1.82) is 0 Å². The number of amides is 1. The van der Waals surface area contributed by atoms with Crippen LogP contribution in [0.25, 0.3) is 10.2 Å². The molecule has 1 atom stereocenters. The highest BCUT2D eigenvalue weighted by Gasteiger charge is 2.33. The molecule has 0 bridgehead atoms. The molecule has 156 valence electrons. The Balaban J connectivity index is 1.30. The number of anilines is 2. The van der Waals surface area contributed by atoms with Crippen LogP contribution < -0.4 is 15.0 Å². The lowest BCUT2D eigenvalue weighted by atomic mass is 10.2. The number of rotatable bonds is 5. The minimum Gasteiger partial charge on any atom is -0.437 e. The van der Waals surface area contributed by atoms with Gasteiger partial charge in [0.1, 0.15) is 28.8 Å². The van der Waals surface area contributed by atoms with Gasteiger partial charge in [-0.25, -0.2) is 15.0 Å². The molecule has 1 aliphatic heterocycles. The van der Waals surface area contributed by atoms with Gasteiger partial charge < -0.3 is 15.0 Å². The summed E-state index contributed by atoms with van der Waals surface area (Å²) in [5.74, 6) is 1.79. The van der Waals surface area contributed by atoms with Gasteiger partial charge in [-0.3, -0.25) is 9.78 Å². The average Bonchev–Trinajstić information content (AvgIpc) is 3.41. The topological polar surface area (TPSA) is 93.1 Å². The molecule has 5 heterocycles. The lowest BCUT2D eigenvalue weighted by Crippen LogP contribution is -2.40. The molecule has 8 nitrogen and oxygen atoms in total. The fourth-order valence-electron chi connectivity index (χ4n) is 3.75. The third-order valence-corrected chi connectivity index (χ3v) is 6.08. The normalized spacial score (nSPS) is 15.9. The van der Waals surface area contributed by atoms with E-state index in [-0.39, 0.29) is 11.9 Å². The van der Waals surface area contributed by atoms with Gasteiger partial charge in [-0.15, -0.1) is 11.3 Å². The van der Waals surface area contributed by atoms with Gasteiger partial charge in [-0.1, -0.05) is 0 Å². The number of nitrogens with zero attached hydrogens (tertiary/aromatic N) is 5. The number of carbonyl (C=O) groups is 1. The van der Waals surface area contributed by atoms with Crippen LogP contribution in [0.5, 0.6) is 11.6 Å². The first kappa shape index (κ1) is 19.4. The predicted octanol–water partition coefficient (Wildman–Crippen LogP) is 4.19. The van der Waals surface area contributed by atoms with Crippen molar-refractivity contribution >= 4 is 39.0 Å².